The molecule has 0 unspecified atom stereocenters. The molecule has 1 fully saturated rings. The van der Waals surface area contributed by atoms with Gasteiger partial charge in [-0.1, -0.05) is 19.3 Å². The molecular weight excluding hydrogens is 208 g/mol. The molecule has 2 rings (SSSR count). The molecule has 0 saturated heterocycles. The SMILES string of the molecule is CC(C)n1c(C2CCCCC2)cnc1Cl. The summed E-state index contributed by atoms with van der Waals surface area (Å²) < 4.78 is 2.18. The zero-order valence-electron chi connectivity index (χ0n) is 9.54. The van der Waals surface area contributed by atoms with Crippen LogP contribution in [-0.4, -0.2) is 9.55 Å². The van der Waals surface area contributed by atoms with Crippen LogP contribution in [0.15, 0.2) is 6.20 Å². The second-order valence-corrected chi connectivity index (χ2v) is 5.09. The molecule has 1 heterocycles. The summed E-state index contributed by atoms with van der Waals surface area (Å²) in [6, 6.07) is 0.414. The standard InChI is InChI=1S/C12H19ClN2/c1-9(2)15-11(8-14-12(15)13)10-6-4-3-5-7-10/h8-10H,3-7H2,1-2H3. The van der Waals surface area contributed by atoms with Gasteiger partial charge < -0.3 is 4.57 Å². The lowest BCUT2D eigenvalue weighted by Crippen LogP contribution is -2.12. The Bertz CT molecular complexity index is 324. The van der Waals surface area contributed by atoms with E-state index < -0.39 is 0 Å². The molecule has 0 bridgehead atoms. The zero-order chi connectivity index (χ0) is 10.8. The van der Waals surface area contributed by atoms with Crippen molar-refractivity contribution in [2.45, 2.75) is 57.9 Å². The molecule has 0 N–H and O–H groups in total. The molecule has 0 radical (unpaired) electrons. The molecule has 0 spiro atoms. The molecule has 15 heavy (non-hydrogen) atoms. The van der Waals surface area contributed by atoms with E-state index in [1.807, 2.05) is 6.20 Å². The maximum Gasteiger partial charge on any atom is 0.203 e. The van der Waals surface area contributed by atoms with Gasteiger partial charge in [-0.2, -0.15) is 0 Å². The fourth-order valence-electron chi connectivity index (χ4n) is 2.56. The smallest absolute Gasteiger partial charge is 0.203 e. The largest absolute Gasteiger partial charge is 0.316 e. The lowest BCUT2D eigenvalue weighted by molar-refractivity contribution is 0.415. The minimum Gasteiger partial charge on any atom is -0.316 e. The van der Waals surface area contributed by atoms with Crippen molar-refractivity contribution in [3.63, 3.8) is 0 Å². The summed E-state index contributed by atoms with van der Waals surface area (Å²) in [4.78, 5) is 4.24. The summed E-state index contributed by atoms with van der Waals surface area (Å²) >= 11 is 6.11. The summed E-state index contributed by atoms with van der Waals surface area (Å²) in [5, 5.41) is 0.644. The molecule has 1 saturated carbocycles. The Morgan fingerprint density at radius 3 is 2.60 bits per heavy atom. The maximum atomic E-state index is 6.11. The van der Waals surface area contributed by atoms with Gasteiger partial charge in [0.05, 0.1) is 6.20 Å². The van der Waals surface area contributed by atoms with Crippen molar-refractivity contribution in [3.05, 3.63) is 17.2 Å². The summed E-state index contributed by atoms with van der Waals surface area (Å²) in [6.07, 6.45) is 8.67. The summed E-state index contributed by atoms with van der Waals surface area (Å²) in [7, 11) is 0. The Morgan fingerprint density at radius 2 is 2.00 bits per heavy atom. The number of hydrogen-bond acceptors (Lipinski definition) is 1. The van der Waals surface area contributed by atoms with Gasteiger partial charge in [0.1, 0.15) is 0 Å². The molecule has 1 aliphatic rings. The number of hydrogen-bond donors (Lipinski definition) is 0. The van der Waals surface area contributed by atoms with E-state index in [1.165, 1.54) is 37.8 Å². The fourth-order valence-corrected chi connectivity index (χ4v) is 2.90. The molecule has 0 aromatic carbocycles. The van der Waals surface area contributed by atoms with Gasteiger partial charge in [-0.15, -0.1) is 0 Å². The molecule has 0 atom stereocenters. The second kappa shape index (κ2) is 4.56. The van der Waals surface area contributed by atoms with Crippen LogP contribution in [0.2, 0.25) is 5.28 Å². The van der Waals surface area contributed by atoms with Crippen LogP contribution in [-0.2, 0) is 0 Å². The first kappa shape index (κ1) is 11.0. The lowest BCUT2D eigenvalue weighted by Gasteiger charge is -2.24. The van der Waals surface area contributed by atoms with Crippen molar-refractivity contribution in [2.75, 3.05) is 0 Å². The third-order valence-electron chi connectivity index (χ3n) is 3.32. The number of rotatable bonds is 2. The van der Waals surface area contributed by atoms with Gasteiger partial charge in [-0.3, -0.25) is 0 Å². The van der Waals surface area contributed by atoms with Crippen LogP contribution in [0.1, 0.15) is 63.6 Å². The number of halogens is 1. The number of aromatic nitrogens is 2. The molecule has 2 nitrogen and oxygen atoms in total. The number of imidazole rings is 1. The monoisotopic (exact) mass is 226 g/mol. The quantitative estimate of drug-likeness (QED) is 0.740. The summed E-state index contributed by atoms with van der Waals surface area (Å²) in [6.45, 7) is 4.33. The topological polar surface area (TPSA) is 17.8 Å². The van der Waals surface area contributed by atoms with Gasteiger partial charge in [0.15, 0.2) is 0 Å². The average Bonchev–Trinajstić information content (AvgIpc) is 2.61. The summed E-state index contributed by atoms with van der Waals surface area (Å²) in [5.41, 5.74) is 1.34. The van der Waals surface area contributed by atoms with Crippen LogP contribution >= 0.6 is 11.6 Å². The van der Waals surface area contributed by atoms with Crippen molar-refractivity contribution >= 4 is 11.6 Å². The van der Waals surface area contributed by atoms with Crippen molar-refractivity contribution in [1.82, 2.24) is 9.55 Å². The number of nitrogens with zero attached hydrogens (tertiary/aromatic N) is 2. The van der Waals surface area contributed by atoms with Gasteiger partial charge in [-0.05, 0) is 38.3 Å². The van der Waals surface area contributed by atoms with Crippen molar-refractivity contribution in [2.24, 2.45) is 0 Å². The first-order chi connectivity index (χ1) is 7.20. The van der Waals surface area contributed by atoms with Crippen LogP contribution in [0.3, 0.4) is 0 Å². The van der Waals surface area contributed by atoms with Crippen LogP contribution in [0, 0.1) is 0 Å². The normalized spacial score (nSPS) is 18.7. The van der Waals surface area contributed by atoms with Crippen LogP contribution in [0.4, 0.5) is 0 Å². The third kappa shape index (κ3) is 2.20. The van der Waals surface area contributed by atoms with E-state index in [-0.39, 0.29) is 0 Å². The highest BCUT2D eigenvalue weighted by atomic mass is 35.5. The Labute approximate surface area is 96.7 Å². The van der Waals surface area contributed by atoms with Crippen LogP contribution in [0.25, 0.3) is 0 Å². The molecular formula is C12H19ClN2. The van der Waals surface area contributed by atoms with Crippen LogP contribution in [0.5, 0.6) is 0 Å². The minimum atomic E-state index is 0.414. The summed E-state index contributed by atoms with van der Waals surface area (Å²) in [5.74, 6) is 0.682. The van der Waals surface area contributed by atoms with E-state index in [0.29, 0.717) is 17.2 Å². The predicted molar refractivity (Wildman–Crippen MR) is 63.4 cm³/mol. The minimum absolute atomic E-state index is 0.414. The highest BCUT2D eigenvalue weighted by Gasteiger charge is 2.21. The average molecular weight is 227 g/mol. The molecule has 0 aliphatic heterocycles. The van der Waals surface area contributed by atoms with Crippen molar-refractivity contribution < 1.29 is 0 Å². The van der Waals surface area contributed by atoms with Gasteiger partial charge in [0.2, 0.25) is 5.28 Å². The highest BCUT2D eigenvalue weighted by molar-refractivity contribution is 6.28. The molecule has 84 valence electrons. The highest BCUT2D eigenvalue weighted by Crippen LogP contribution is 2.34. The van der Waals surface area contributed by atoms with E-state index in [0.717, 1.165) is 0 Å². The molecule has 1 aromatic rings. The van der Waals surface area contributed by atoms with E-state index in [4.69, 9.17) is 11.6 Å². The Hall–Kier alpha value is -0.500. The van der Waals surface area contributed by atoms with E-state index in [1.54, 1.807) is 0 Å². The first-order valence-corrected chi connectivity index (χ1v) is 6.30. The van der Waals surface area contributed by atoms with Gasteiger partial charge in [0.25, 0.3) is 0 Å². The maximum absolute atomic E-state index is 6.11. The third-order valence-corrected chi connectivity index (χ3v) is 3.60. The van der Waals surface area contributed by atoms with Crippen molar-refractivity contribution in [3.8, 4) is 0 Å². The van der Waals surface area contributed by atoms with Crippen LogP contribution < -0.4 is 0 Å². The fraction of sp³-hybridized carbons (Fsp3) is 0.750. The Balaban J connectivity index is 2.26. The molecule has 1 aliphatic carbocycles. The van der Waals surface area contributed by atoms with Gasteiger partial charge in [0, 0.05) is 17.7 Å². The van der Waals surface area contributed by atoms with Gasteiger partial charge >= 0.3 is 0 Å². The van der Waals surface area contributed by atoms with E-state index in [2.05, 4.69) is 23.4 Å². The van der Waals surface area contributed by atoms with E-state index in [9.17, 15) is 0 Å². The lowest BCUT2D eigenvalue weighted by atomic mass is 9.87. The van der Waals surface area contributed by atoms with Gasteiger partial charge in [-0.25, -0.2) is 4.98 Å². The first-order valence-electron chi connectivity index (χ1n) is 5.92. The second-order valence-electron chi connectivity index (χ2n) is 4.75. The molecule has 1 aromatic heterocycles. The predicted octanol–water partition coefficient (Wildman–Crippen LogP) is 4.17. The Morgan fingerprint density at radius 1 is 1.33 bits per heavy atom. The Kier molecular flexibility index (Phi) is 3.35. The zero-order valence-corrected chi connectivity index (χ0v) is 10.3. The van der Waals surface area contributed by atoms with E-state index >= 15 is 0 Å². The molecule has 0 amide bonds. The van der Waals surface area contributed by atoms with Crippen molar-refractivity contribution in [1.29, 1.82) is 0 Å². The molecule has 3 heteroatoms.